The Bertz CT molecular complexity index is 1050. The summed E-state index contributed by atoms with van der Waals surface area (Å²) in [5.41, 5.74) is 2.61. The van der Waals surface area contributed by atoms with Gasteiger partial charge in [-0.05, 0) is 28.8 Å². The van der Waals surface area contributed by atoms with E-state index >= 15 is 0 Å². The van der Waals surface area contributed by atoms with Gasteiger partial charge in [0.2, 0.25) is 18.6 Å². The average Bonchev–Trinajstić information content (AvgIpc) is 3.26. The number of amides is 2. The maximum Gasteiger partial charge on any atom is 0.247 e. The van der Waals surface area contributed by atoms with Crippen molar-refractivity contribution in [2.45, 2.75) is 26.1 Å². The number of carbonyl (C=O) groups excluding carboxylic acids is 2. The van der Waals surface area contributed by atoms with E-state index in [0.29, 0.717) is 24.6 Å². The van der Waals surface area contributed by atoms with Crippen molar-refractivity contribution in [1.82, 2.24) is 10.2 Å². The summed E-state index contributed by atoms with van der Waals surface area (Å²) in [4.78, 5) is 27.5. The smallest absolute Gasteiger partial charge is 0.247 e. The van der Waals surface area contributed by atoms with E-state index in [9.17, 15) is 9.59 Å². The number of nitrogens with zero attached hydrogens (tertiary/aromatic N) is 1. The highest BCUT2D eigenvalue weighted by atomic mass is 16.7. The summed E-state index contributed by atoms with van der Waals surface area (Å²) < 4.78 is 10.7. The van der Waals surface area contributed by atoms with Gasteiger partial charge in [-0.25, -0.2) is 0 Å². The van der Waals surface area contributed by atoms with Crippen LogP contribution in [0.2, 0.25) is 0 Å². The Hall–Kier alpha value is -3.80. The second kappa shape index (κ2) is 9.34. The number of rotatable bonds is 7. The monoisotopic (exact) mass is 416 g/mol. The maximum absolute atomic E-state index is 13.3. The minimum atomic E-state index is -0.743. The van der Waals surface area contributed by atoms with Crippen LogP contribution in [-0.4, -0.2) is 23.5 Å². The molecule has 158 valence electrons. The van der Waals surface area contributed by atoms with Crippen molar-refractivity contribution < 1.29 is 19.1 Å². The zero-order valence-electron chi connectivity index (χ0n) is 17.3. The highest BCUT2D eigenvalue weighted by Gasteiger charge is 2.29. The van der Waals surface area contributed by atoms with Crippen molar-refractivity contribution in [2.75, 3.05) is 6.79 Å². The van der Waals surface area contributed by atoms with Gasteiger partial charge in [0.15, 0.2) is 11.5 Å². The highest BCUT2D eigenvalue weighted by Crippen LogP contribution is 2.32. The first-order chi connectivity index (χ1) is 15.1. The number of nitrogens with one attached hydrogen (secondary N) is 1. The topological polar surface area (TPSA) is 67.9 Å². The van der Waals surface area contributed by atoms with Crippen LogP contribution in [0.5, 0.6) is 11.5 Å². The Balaban J connectivity index is 1.56. The standard InChI is InChI=1S/C25H24N2O4/c1-18(28)27(16-19-8-4-2-5-9-19)24(21-10-6-3-7-11-21)25(29)26-15-20-12-13-22-23(14-20)31-17-30-22/h2-14,24H,15-17H2,1H3,(H,26,29)/t24-/m1/s1. The zero-order chi connectivity index (χ0) is 21.6. The van der Waals surface area contributed by atoms with E-state index in [-0.39, 0.29) is 18.6 Å². The van der Waals surface area contributed by atoms with E-state index in [2.05, 4.69) is 5.32 Å². The molecule has 6 heteroatoms. The van der Waals surface area contributed by atoms with E-state index in [1.807, 2.05) is 78.9 Å². The molecule has 0 radical (unpaired) electrons. The molecule has 6 nitrogen and oxygen atoms in total. The molecular weight excluding hydrogens is 392 g/mol. The van der Waals surface area contributed by atoms with Crippen LogP contribution in [0.4, 0.5) is 0 Å². The SMILES string of the molecule is CC(=O)N(Cc1ccccc1)[C@@H](C(=O)NCc1ccc2c(c1)OCO2)c1ccccc1. The van der Waals surface area contributed by atoms with Gasteiger partial charge < -0.3 is 19.7 Å². The normalized spacial score (nSPS) is 12.8. The Labute approximate surface area is 181 Å². The van der Waals surface area contributed by atoms with E-state index in [0.717, 1.165) is 16.7 Å². The zero-order valence-corrected chi connectivity index (χ0v) is 17.3. The van der Waals surface area contributed by atoms with E-state index in [1.165, 1.54) is 6.92 Å². The molecular formula is C25H24N2O4. The first-order valence-electron chi connectivity index (χ1n) is 10.1. The molecule has 0 fully saturated rings. The largest absolute Gasteiger partial charge is 0.454 e. The summed E-state index contributed by atoms with van der Waals surface area (Å²) in [6, 6.07) is 23.9. The van der Waals surface area contributed by atoms with Crippen LogP contribution in [-0.2, 0) is 22.7 Å². The van der Waals surface area contributed by atoms with Crippen LogP contribution < -0.4 is 14.8 Å². The van der Waals surface area contributed by atoms with Gasteiger partial charge in [-0.1, -0.05) is 66.7 Å². The Morgan fingerprint density at radius 2 is 1.58 bits per heavy atom. The quantitative estimate of drug-likeness (QED) is 0.636. The molecule has 1 N–H and O–H groups in total. The van der Waals surface area contributed by atoms with Gasteiger partial charge in [0, 0.05) is 20.0 Å². The first kappa shape index (κ1) is 20.5. The summed E-state index contributed by atoms with van der Waals surface area (Å²) in [6.07, 6.45) is 0. The van der Waals surface area contributed by atoms with Gasteiger partial charge in [0.05, 0.1) is 0 Å². The van der Waals surface area contributed by atoms with Crippen LogP contribution in [0.3, 0.4) is 0 Å². The third-order valence-corrected chi connectivity index (χ3v) is 5.18. The van der Waals surface area contributed by atoms with Gasteiger partial charge in [-0.15, -0.1) is 0 Å². The second-order valence-electron chi connectivity index (χ2n) is 7.35. The van der Waals surface area contributed by atoms with Gasteiger partial charge >= 0.3 is 0 Å². The summed E-state index contributed by atoms with van der Waals surface area (Å²) in [7, 11) is 0. The summed E-state index contributed by atoms with van der Waals surface area (Å²) >= 11 is 0. The molecule has 0 spiro atoms. The van der Waals surface area contributed by atoms with Crippen molar-refractivity contribution in [3.05, 3.63) is 95.6 Å². The molecule has 0 saturated heterocycles. The average molecular weight is 416 g/mol. The third kappa shape index (κ3) is 4.86. The lowest BCUT2D eigenvalue weighted by Crippen LogP contribution is -2.42. The molecule has 3 aromatic rings. The lowest BCUT2D eigenvalue weighted by atomic mass is 10.0. The van der Waals surface area contributed by atoms with Crippen molar-refractivity contribution in [3.8, 4) is 11.5 Å². The fourth-order valence-corrected chi connectivity index (χ4v) is 3.61. The minimum absolute atomic E-state index is 0.170. The molecule has 31 heavy (non-hydrogen) atoms. The second-order valence-corrected chi connectivity index (χ2v) is 7.35. The molecule has 0 saturated carbocycles. The molecule has 1 heterocycles. The maximum atomic E-state index is 13.3. The fourth-order valence-electron chi connectivity index (χ4n) is 3.61. The van der Waals surface area contributed by atoms with Gasteiger partial charge in [-0.3, -0.25) is 9.59 Å². The first-order valence-corrected chi connectivity index (χ1v) is 10.1. The number of hydrogen-bond acceptors (Lipinski definition) is 4. The van der Waals surface area contributed by atoms with E-state index in [4.69, 9.17) is 9.47 Å². The molecule has 0 aromatic heterocycles. The molecule has 2 amide bonds. The number of carbonyl (C=O) groups is 2. The molecule has 3 aromatic carbocycles. The van der Waals surface area contributed by atoms with Crippen molar-refractivity contribution in [1.29, 1.82) is 0 Å². The number of fused-ring (bicyclic) bond motifs is 1. The Morgan fingerprint density at radius 3 is 2.29 bits per heavy atom. The van der Waals surface area contributed by atoms with Crippen molar-refractivity contribution in [2.24, 2.45) is 0 Å². The number of ether oxygens (including phenoxy) is 2. The van der Waals surface area contributed by atoms with Gasteiger partial charge in [-0.2, -0.15) is 0 Å². The predicted octanol–water partition coefficient (Wildman–Crippen LogP) is 3.82. The van der Waals surface area contributed by atoms with Gasteiger partial charge in [0.1, 0.15) is 6.04 Å². The van der Waals surface area contributed by atoms with Crippen LogP contribution in [0.25, 0.3) is 0 Å². The molecule has 1 atom stereocenters. The highest BCUT2D eigenvalue weighted by molar-refractivity contribution is 5.88. The van der Waals surface area contributed by atoms with Crippen molar-refractivity contribution >= 4 is 11.8 Å². The lowest BCUT2D eigenvalue weighted by Gasteiger charge is -2.30. The van der Waals surface area contributed by atoms with Crippen molar-refractivity contribution in [3.63, 3.8) is 0 Å². The van der Waals surface area contributed by atoms with Gasteiger partial charge in [0.25, 0.3) is 0 Å². The number of hydrogen-bond donors (Lipinski definition) is 1. The molecule has 1 aliphatic rings. The van der Waals surface area contributed by atoms with Crippen LogP contribution in [0, 0.1) is 0 Å². The fraction of sp³-hybridized carbons (Fsp3) is 0.200. The Kier molecular flexibility index (Phi) is 6.17. The summed E-state index contributed by atoms with van der Waals surface area (Å²) in [5.74, 6) is 0.953. The minimum Gasteiger partial charge on any atom is -0.454 e. The lowest BCUT2D eigenvalue weighted by molar-refractivity contribution is -0.140. The predicted molar refractivity (Wildman–Crippen MR) is 116 cm³/mol. The molecule has 0 unspecified atom stereocenters. The van der Waals surface area contributed by atoms with E-state index < -0.39 is 6.04 Å². The molecule has 4 rings (SSSR count). The third-order valence-electron chi connectivity index (χ3n) is 5.18. The van der Waals surface area contributed by atoms with E-state index in [1.54, 1.807) is 4.90 Å². The summed E-state index contributed by atoms with van der Waals surface area (Å²) in [5, 5.41) is 2.98. The molecule has 0 bridgehead atoms. The van der Waals surface area contributed by atoms with Crippen LogP contribution in [0.15, 0.2) is 78.9 Å². The number of benzene rings is 3. The Morgan fingerprint density at radius 1 is 0.903 bits per heavy atom. The molecule has 1 aliphatic heterocycles. The van der Waals surface area contributed by atoms with Crippen LogP contribution >= 0.6 is 0 Å². The van der Waals surface area contributed by atoms with Crippen LogP contribution in [0.1, 0.15) is 29.7 Å². The summed E-state index contributed by atoms with van der Waals surface area (Å²) in [6.45, 7) is 2.35. The molecule has 0 aliphatic carbocycles.